The van der Waals surface area contributed by atoms with Gasteiger partial charge in [-0.2, -0.15) is 0 Å². The van der Waals surface area contributed by atoms with Crippen LogP contribution in [0.5, 0.6) is 5.75 Å². The maximum atomic E-state index is 11.1. The molecule has 0 amide bonds. The highest BCUT2D eigenvalue weighted by Gasteiger charge is 2.21. The molecular weight excluding hydrogens is 210 g/mol. The summed E-state index contributed by atoms with van der Waals surface area (Å²) in [7, 11) is 4.82. The van der Waals surface area contributed by atoms with E-state index in [4.69, 9.17) is 0 Å². The number of methoxy groups -OCH3 is 1. The minimum Gasteiger partial charge on any atom is -0.508 e. The van der Waals surface area contributed by atoms with Gasteiger partial charge in [-0.3, -0.25) is 0 Å². The molecule has 1 rings (SSSR count). The molecule has 1 atom stereocenters. The van der Waals surface area contributed by atoms with Gasteiger partial charge in [-0.25, -0.2) is 4.79 Å². The lowest BCUT2D eigenvalue weighted by Crippen LogP contribution is -2.15. The van der Waals surface area contributed by atoms with Gasteiger partial charge in [-0.05, 0) is 18.2 Å². The molecule has 2 N–H and O–H groups in total. The Morgan fingerprint density at radius 1 is 1.44 bits per heavy atom. The van der Waals surface area contributed by atoms with Gasteiger partial charge in [0, 0.05) is 25.3 Å². The fourth-order valence-corrected chi connectivity index (χ4v) is 1.28. The smallest absolute Gasteiger partial charge is 0.339 e. The fourth-order valence-electron chi connectivity index (χ4n) is 1.28. The van der Waals surface area contributed by atoms with E-state index in [1.165, 1.54) is 19.2 Å². The van der Waals surface area contributed by atoms with E-state index in [9.17, 15) is 15.0 Å². The van der Waals surface area contributed by atoms with E-state index in [0.717, 1.165) is 5.69 Å². The first-order valence-electron chi connectivity index (χ1n) is 4.73. The Kier molecular flexibility index (Phi) is 3.73. The van der Waals surface area contributed by atoms with Crippen LogP contribution in [0.4, 0.5) is 5.69 Å². The number of hydrogen-bond acceptors (Lipinski definition) is 5. The van der Waals surface area contributed by atoms with Gasteiger partial charge in [0.25, 0.3) is 0 Å². The second kappa shape index (κ2) is 4.85. The minimum absolute atomic E-state index is 0.136. The molecule has 5 nitrogen and oxygen atoms in total. The van der Waals surface area contributed by atoms with Gasteiger partial charge in [0.1, 0.15) is 5.75 Å². The first-order chi connectivity index (χ1) is 7.47. The van der Waals surface area contributed by atoms with Gasteiger partial charge in [0.05, 0.1) is 7.11 Å². The van der Waals surface area contributed by atoms with Crippen molar-refractivity contribution in [3.8, 4) is 5.75 Å². The number of carbonyl (C=O) groups excluding carboxylic acids is 1. The van der Waals surface area contributed by atoms with E-state index in [-0.39, 0.29) is 11.3 Å². The molecule has 5 heteroatoms. The van der Waals surface area contributed by atoms with E-state index in [2.05, 4.69) is 4.74 Å². The Hall–Kier alpha value is -1.75. The number of nitrogens with zero attached hydrogens (tertiary/aromatic N) is 1. The Bertz CT molecular complexity index is 390. The summed E-state index contributed by atoms with van der Waals surface area (Å²) in [5.74, 6) is -0.935. The van der Waals surface area contributed by atoms with Gasteiger partial charge < -0.3 is 19.8 Å². The molecule has 88 valence electrons. The van der Waals surface area contributed by atoms with Gasteiger partial charge in [0.15, 0.2) is 6.10 Å². The molecule has 0 aromatic heterocycles. The molecule has 0 saturated heterocycles. The van der Waals surface area contributed by atoms with Crippen LogP contribution in [0.2, 0.25) is 0 Å². The predicted octanol–water partition coefficient (Wildman–Crippen LogP) is 0.665. The molecule has 0 bridgehead atoms. The van der Waals surface area contributed by atoms with Gasteiger partial charge in [-0.1, -0.05) is 0 Å². The molecule has 0 heterocycles. The van der Waals surface area contributed by atoms with E-state index >= 15 is 0 Å². The van der Waals surface area contributed by atoms with Crippen LogP contribution < -0.4 is 4.90 Å². The largest absolute Gasteiger partial charge is 0.508 e. The number of ether oxygens (including phenoxy) is 1. The molecular formula is C11H15NO4. The highest BCUT2D eigenvalue weighted by atomic mass is 16.5. The maximum Gasteiger partial charge on any atom is 0.339 e. The van der Waals surface area contributed by atoms with Crippen LogP contribution in [0.15, 0.2) is 18.2 Å². The lowest BCUT2D eigenvalue weighted by Gasteiger charge is -2.16. The standard InChI is InChI=1S/C11H15NO4/c1-12(2)7-4-5-9(13)8(6-7)10(14)11(15)16-3/h4-6,10,13-14H,1-3H3. The summed E-state index contributed by atoms with van der Waals surface area (Å²) in [6.45, 7) is 0. The van der Waals surface area contributed by atoms with Crippen LogP contribution in [0.3, 0.4) is 0 Å². The van der Waals surface area contributed by atoms with E-state index < -0.39 is 12.1 Å². The minimum atomic E-state index is -1.47. The quantitative estimate of drug-likeness (QED) is 0.740. The number of anilines is 1. The molecule has 0 aliphatic rings. The van der Waals surface area contributed by atoms with Gasteiger partial charge in [-0.15, -0.1) is 0 Å². The number of esters is 1. The second-order valence-electron chi connectivity index (χ2n) is 3.56. The van der Waals surface area contributed by atoms with Crippen LogP contribution in [0, 0.1) is 0 Å². The van der Waals surface area contributed by atoms with Crippen molar-refractivity contribution in [2.45, 2.75) is 6.10 Å². The van der Waals surface area contributed by atoms with E-state index in [1.54, 1.807) is 11.0 Å². The van der Waals surface area contributed by atoms with Crippen molar-refractivity contribution in [2.24, 2.45) is 0 Å². The van der Waals surface area contributed by atoms with Gasteiger partial charge >= 0.3 is 5.97 Å². The van der Waals surface area contributed by atoms with Gasteiger partial charge in [0.2, 0.25) is 0 Å². The highest BCUT2D eigenvalue weighted by molar-refractivity contribution is 5.77. The van der Waals surface area contributed by atoms with Crippen molar-refractivity contribution in [3.05, 3.63) is 23.8 Å². The SMILES string of the molecule is COC(=O)C(O)c1cc(N(C)C)ccc1O. The first kappa shape index (κ1) is 12.3. The third-order valence-electron chi connectivity index (χ3n) is 2.25. The third-order valence-corrected chi connectivity index (χ3v) is 2.25. The molecule has 1 aromatic carbocycles. The number of aromatic hydroxyl groups is 1. The van der Waals surface area contributed by atoms with Crippen LogP contribution in [0.1, 0.15) is 11.7 Å². The average molecular weight is 225 g/mol. The number of rotatable bonds is 3. The summed E-state index contributed by atoms with van der Waals surface area (Å²) in [6, 6.07) is 4.65. The van der Waals surface area contributed by atoms with Crippen molar-refractivity contribution in [1.29, 1.82) is 0 Å². The average Bonchev–Trinajstić information content (AvgIpc) is 2.27. The van der Waals surface area contributed by atoms with Crippen molar-refractivity contribution < 1.29 is 19.7 Å². The molecule has 1 unspecified atom stereocenters. The Morgan fingerprint density at radius 3 is 2.56 bits per heavy atom. The number of phenolic OH excluding ortho intramolecular Hbond substituents is 1. The van der Waals surface area contributed by atoms with Crippen LogP contribution in [-0.4, -0.2) is 37.4 Å². The number of benzene rings is 1. The molecule has 16 heavy (non-hydrogen) atoms. The fraction of sp³-hybridized carbons (Fsp3) is 0.364. The monoisotopic (exact) mass is 225 g/mol. The number of aliphatic hydroxyl groups is 1. The normalized spacial score (nSPS) is 12.0. The van der Waals surface area contributed by atoms with Crippen LogP contribution in [-0.2, 0) is 9.53 Å². The molecule has 0 aliphatic heterocycles. The zero-order chi connectivity index (χ0) is 12.3. The molecule has 0 radical (unpaired) electrons. The zero-order valence-electron chi connectivity index (χ0n) is 9.47. The van der Waals surface area contributed by atoms with Crippen molar-refractivity contribution in [1.82, 2.24) is 0 Å². The summed E-state index contributed by atoms with van der Waals surface area (Å²) in [5, 5.41) is 19.2. The lowest BCUT2D eigenvalue weighted by atomic mass is 10.1. The van der Waals surface area contributed by atoms with E-state index in [1.807, 2.05) is 14.1 Å². The summed E-state index contributed by atoms with van der Waals surface area (Å²) in [4.78, 5) is 12.9. The van der Waals surface area contributed by atoms with Crippen LogP contribution in [0.25, 0.3) is 0 Å². The number of hydrogen-bond donors (Lipinski definition) is 2. The Balaban J connectivity index is 3.11. The lowest BCUT2D eigenvalue weighted by molar-refractivity contribution is -0.150. The van der Waals surface area contributed by atoms with Crippen molar-refractivity contribution in [3.63, 3.8) is 0 Å². The molecule has 0 saturated carbocycles. The maximum absolute atomic E-state index is 11.1. The third kappa shape index (κ3) is 2.43. The summed E-state index contributed by atoms with van der Waals surface area (Å²) in [6.07, 6.45) is -1.47. The summed E-state index contributed by atoms with van der Waals surface area (Å²) < 4.78 is 4.41. The topological polar surface area (TPSA) is 70.0 Å². The number of aliphatic hydroxyl groups excluding tert-OH is 1. The number of phenols is 1. The van der Waals surface area contributed by atoms with Crippen LogP contribution >= 0.6 is 0 Å². The zero-order valence-corrected chi connectivity index (χ0v) is 9.47. The molecule has 0 aliphatic carbocycles. The molecule has 0 fully saturated rings. The summed E-state index contributed by atoms with van der Waals surface area (Å²) >= 11 is 0. The Labute approximate surface area is 93.9 Å². The molecule has 1 aromatic rings. The second-order valence-corrected chi connectivity index (χ2v) is 3.56. The predicted molar refractivity (Wildman–Crippen MR) is 59.4 cm³/mol. The number of carbonyl (C=O) groups is 1. The van der Waals surface area contributed by atoms with Crippen molar-refractivity contribution >= 4 is 11.7 Å². The van der Waals surface area contributed by atoms with Crippen molar-refractivity contribution in [2.75, 3.05) is 26.1 Å². The summed E-state index contributed by atoms with van der Waals surface area (Å²) in [5.41, 5.74) is 0.911. The highest BCUT2D eigenvalue weighted by Crippen LogP contribution is 2.28. The van der Waals surface area contributed by atoms with E-state index in [0.29, 0.717) is 0 Å². The molecule has 0 spiro atoms. The Morgan fingerprint density at radius 2 is 2.06 bits per heavy atom. The first-order valence-corrected chi connectivity index (χ1v) is 4.73.